The molecule has 0 amide bonds. The Balaban J connectivity index is 1.82. The Morgan fingerprint density at radius 3 is 2.43 bits per heavy atom. The van der Waals surface area contributed by atoms with Gasteiger partial charge in [-0.3, -0.25) is 5.10 Å². The first-order chi connectivity index (χ1) is 17.5. The summed E-state index contributed by atoms with van der Waals surface area (Å²) in [6, 6.07) is 5.36. The molecular weight excluding hydrogens is 508 g/mol. The van der Waals surface area contributed by atoms with Gasteiger partial charge < -0.3 is 9.22 Å². The van der Waals surface area contributed by atoms with Crippen molar-refractivity contribution in [2.75, 3.05) is 33.3 Å². The Morgan fingerprint density at radius 2 is 1.84 bits per heavy atom. The smallest absolute Gasteiger partial charge is 0.243 e. The minimum atomic E-state index is -3.73. The lowest BCUT2D eigenvalue weighted by Crippen LogP contribution is -2.67. The van der Waals surface area contributed by atoms with Crippen LogP contribution in [0.1, 0.15) is 52.6 Å². The van der Waals surface area contributed by atoms with Crippen molar-refractivity contribution in [1.29, 1.82) is 0 Å². The second kappa shape index (κ2) is 10.4. The Bertz CT molecular complexity index is 1450. The number of piperazine rings is 1. The minimum Gasteiger partial charge on any atom is -0.493 e. The van der Waals surface area contributed by atoms with Crippen LogP contribution in [0.5, 0.6) is 5.75 Å². The van der Waals surface area contributed by atoms with Crippen LogP contribution in [0.25, 0.3) is 16.9 Å². The van der Waals surface area contributed by atoms with Crippen LogP contribution in [-0.2, 0) is 16.4 Å². The molecule has 1 fully saturated rings. The summed E-state index contributed by atoms with van der Waals surface area (Å²) in [6.45, 7) is 14.7. The molecule has 37 heavy (non-hydrogen) atoms. The average Bonchev–Trinajstić information content (AvgIpc) is 3.18. The Kier molecular flexibility index (Phi) is 7.81. The van der Waals surface area contributed by atoms with Crippen molar-refractivity contribution in [2.45, 2.75) is 71.4 Å². The normalized spacial score (nSPS) is 23.0. The number of imidazole rings is 1. The van der Waals surface area contributed by atoms with Gasteiger partial charge in [0.25, 0.3) is 0 Å². The zero-order valence-electron chi connectivity index (χ0n) is 22.9. The summed E-state index contributed by atoms with van der Waals surface area (Å²) in [7, 11) is -1.52. The molecule has 1 aliphatic rings. The van der Waals surface area contributed by atoms with E-state index in [2.05, 4.69) is 49.8 Å². The molecule has 2 aromatic heterocycles. The van der Waals surface area contributed by atoms with Crippen LogP contribution in [0, 0.1) is 11.6 Å². The number of benzene rings is 1. The molecule has 0 spiro atoms. The monoisotopic (exact) mass is 547 g/mol. The van der Waals surface area contributed by atoms with Crippen molar-refractivity contribution >= 4 is 27.8 Å². The number of aromatic amines is 1. The molecule has 202 valence electrons. The summed E-state index contributed by atoms with van der Waals surface area (Å²) in [5.41, 5.74) is 2.13. The first-order valence-electron chi connectivity index (χ1n) is 13.1. The molecule has 1 N–H and O–H groups in total. The van der Waals surface area contributed by atoms with Crippen LogP contribution in [-0.4, -0.2) is 82.2 Å². The molecule has 1 unspecified atom stereocenters. The van der Waals surface area contributed by atoms with Gasteiger partial charge in [-0.05, 0) is 59.2 Å². The van der Waals surface area contributed by atoms with E-state index in [1.165, 1.54) is 0 Å². The Labute approximate surface area is 225 Å². The third-order valence-electron chi connectivity index (χ3n) is 8.00. The quantitative estimate of drug-likeness (QED) is 0.333. The number of likely N-dealkylation sites (N-methyl/N-ethyl adjacent to an activating group) is 1. The van der Waals surface area contributed by atoms with Gasteiger partial charge in [-0.2, -0.15) is 4.31 Å². The molecule has 0 bridgehead atoms. The fourth-order valence-electron chi connectivity index (χ4n) is 5.33. The first kappa shape index (κ1) is 27.7. The molecule has 1 saturated heterocycles. The van der Waals surface area contributed by atoms with Gasteiger partial charge in [-0.15, -0.1) is 0 Å². The van der Waals surface area contributed by atoms with Crippen LogP contribution >= 0.6 is 12.2 Å². The molecule has 3 aromatic rings. The fraction of sp³-hybridized carbons (Fsp3) is 0.577. The van der Waals surface area contributed by atoms with Gasteiger partial charge in [-0.1, -0.05) is 19.1 Å². The van der Waals surface area contributed by atoms with Crippen LogP contribution in [0.3, 0.4) is 0 Å². The molecule has 0 aliphatic carbocycles. The van der Waals surface area contributed by atoms with Gasteiger partial charge in [0, 0.05) is 6.42 Å². The van der Waals surface area contributed by atoms with E-state index in [9.17, 15) is 8.42 Å². The zero-order chi connectivity index (χ0) is 27.1. The molecule has 1 aromatic carbocycles. The van der Waals surface area contributed by atoms with Crippen molar-refractivity contribution in [1.82, 2.24) is 23.9 Å². The topological polar surface area (TPSA) is 92.6 Å². The summed E-state index contributed by atoms with van der Waals surface area (Å²) < 4.78 is 38.4. The Hall–Kier alpha value is -2.34. The minimum absolute atomic E-state index is 0.187. The van der Waals surface area contributed by atoms with Gasteiger partial charge in [-0.25, -0.2) is 22.9 Å². The number of hydrogen-bond donors (Lipinski definition) is 1. The highest BCUT2D eigenvalue weighted by molar-refractivity contribution is 7.89. The maximum atomic E-state index is 13.9. The number of hydrogen-bond acceptors (Lipinski definition) is 6. The molecule has 4 rings (SSSR count). The predicted octanol–water partition coefficient (Wildman–Crippen LogP) is 4.36. The number of nitrogens with zero attached hydrogens (tertiary/aromatic N) is 5. The van der Waals surface area contributed by atoms with Gasteiger partial charge in [0.15, 0.2) is 10.5 Å². The fourth-order valence-corrected chi connectivity index (χ4v) is 7.29. The summed E-state index contributed by atoms with van der Waals surface area (Å²) in [5, 5.41) is 3.33. The number of aromatic nitrogens is 4. The summed E-state index contributed by atoms with van der Waals surface area (Å²) in [4.78, 5) is 9.54. The number of H-pyrrole nitrogens is 1. The highest BCUT2D eigenvalue weighted by Crippen LogP contribution is 2.34. The Morgan fingerprint density at radius 1 is 1.16 bits per heavy atom. The number of aryl methyl sites for hydroxylation is 2. The summed E-state index contributed by atoms with van der Waals surface area (Å²) in [5.74, 6) is 1.85. The lowest BCUT2D eigenvalue weighted by molar-refractivity contribution is -0.955. The van der Waals surface area contributed by atoms with Gasteiger partial charge in [0.05, 0.1) is 49.4 Å². The predicted molar refractivity (Wildman–Crippen MR) is 148 cm³/mol. The third kappa shape index (κ3) is 4.82. The molecule has 0 saturated carbocycles. The van der Waals surface area contributed by atoms with E-state index in [-0.39, 0.29) is 17.0 Å². The van der Waals surface area contributed by atoms with Crippen LogP contribution in [0.2, 0.25) is 0 Å². The van der Waals surface area contributed by atoms with Crippen molar-refractivity contribution in [3.05, 3.63) is 34.4 Å². The maximum absolute atomic E-state index is 13.9. The second-order valence-corrected chi connectivity index (χ2v) is 12.5. The molecule has 9 nitrogen and oxygen atoms in total. The van der Waals surface area contributed by atoms with E-state index in [0.29, 0.717) is 41.5 Å². The van der Waals surface area contributed by atoms with Gasteiger partial charge in [0.1, 0.15) is 29.2 Å². The van der Waals surface area contributed by atoms with E-state index in [1.807, 2.05) is 18.4 Å². The highest BCUT2D eigenvalue weighted by atomic mass is 32.2. The highest BCUT2D eigenvalue weighted by Gasteiger charge is 2.44. The lowest BCUT2D eigenvalue weighted by Gasteiger charge is -2.50. The molecule has 11 heteroatoms. The van der Waals surface area contributed by atoms with Crippen molar-refractivity contribution in [3.63, 3.8) is 0 Å². The number of fused-ring (bicyclic) bond motifs is 1. The van der Waals surface area contributed by atoms with Crippen molar-refractivity contribution in [3.8, 4) is 17.1 Å². The van der Waals surface area contributed by atoms with Crippen LogP contribution in [0.15, 0.2) is 23.1 Å². The van der Waals surface area contributed by atoms with E-state index in [0.717, 1.165) is 40.9 Å². The summed E-state index contributed by atoms with van der Waals surface area (Å²) >= 11 is 5.64. The first-order valence-corrected chi connectivity index (χ1v) is 14.9. The number of sulfonamides is 1. The molecule has 3 atom stereocenters. The lowest BCUT2D eigenvalue weighted by atomic mass is 10.1. The SMILES string of the molecule is CCCc1nc(C)c2c(=S)nc(-c3cc(S(=O)(=O)N4C[C@@H](C)[N+](C)(CC)[C@@H](C)C4)ccc3OCC)[nH]n12. The standard InChI is InChI=1S/C26H38N6O3S2/c1-8-11-23-27-19(6)24-26(36)28-25(29-31(23)24)21-14-20(12-13-22(21)35-10-3)37(33,34)30-15-17(4)32(7,9-2)18(5)16-30/h12-14,17-18H,8-11,15-16H2,1-7H3/p+1/t17-,18+,32?. The van der Waals surface area contributed by atoms with Crippen molar-refractivity contribution in [2.24, 2.45) is 0 Å². The van der Waals surface area contributed by atoms with Gasteiger partial charge in [0.2, 0.25) is 10.0 Å². The largest absolute Gasteiger partial charge is 0.493 e. The second-order valence-electron chi connectivity index (χ2n) is 10.2. The van der Waals surface area contributed by atoms with Crippen molar-refractivity contribution < 1.29 is 17.6 Å². The van der Waals surface area contributed by atoms with Crippen LogP contribution in [0.4, 0.5) is 0 Å². The average molecular weight is 548 g/mol. The van der Waals surface area contributed by atoms with Gasteiger partial charge >= 0.3 is 0 Å². The van der Waals surface area contributed by atoms with E-state index < -0.39 is 10.0 Å². The molecular formula is C26H39N6O3S2+. The zero-order valence-corrected chi connectivity index (χ0v) is 24.5. The number of quaternary nitrogens is 1. The number of ether oxygens (including phenoxy) is 1. The number of rotatable bonds is 8. The number of nitrogens with one attached hydrogen (secondary N) is 1. The molecule has 0 radical (unpaired) electrons. The molecule has 1 aliphatic heterocycles. The third-order valence-corrected chi connectivity index (χ3v) is 10.1. The maximum Gasteiger partial charge on any atom is 0.243 e. The van der Waals surface area contributed by atoms with Crippen LogP contribution < -0.4 is 4.74 Å². The summed E-state index contributed by atoms with van der Waals surface area (Å²) in [6.07, 6.45) is 1.70. The molecule has 3 heterocycles. The van der Waals surface area contributed by atoms with E-state index in [4.69, 9.17) is 17.0 Å². The van der Waals surface area contributed by atoms with E-state index >= 15 is 0 Å². The van der Waals surface area contributed by atoms with E-state index in [1.54, 1.807) is 22.5 Å².